The molecule has 2 aromatic rings. The maximum absolute atomic E-state index is 9.45. The summed E-state index contributed by atoms with van der Waals surface area (Å²) in [6.45, 7) is 0. The van der Waals surface area contributed by atoms with E-state index in [0.717, 1.165) is 0 Å². The largest absolute Gasteiger partial charge is 0.494 e. The van der Waals surface area contributed by atoms with Crippen molar-refractivity contribution >= 4 is 11.6 Å². The van der Waals surface area contributed by atoms with E-state index < -0.39 is 0 Å². The topological polar surface area (TPSA) is 45.4 Å². The molecule has 0 fully saturated rings. The average molecular weight is 210 g/mol. The molecule has 0 radical (unpaired) electrons. The Kier molecular flexibility index (Phi) is 2.09. The quantitative estimate of drug-likeness (QED) is 0.758. The zero-order valence-corrected chi connectivity index (χ0v) is 7.94. The third-order valence-corrected chi connectivity index (χ3v) is 2.25. The van der Waals surface area contributed by atoms with Crippen LogP contribution in [0.5, 0.6) is 11.8 Å². The molecule has 0 unspecified atom stereocenters. The van der Waals surface area contributed by atoms with E-state index in [-0.39, 0.29) is 11.8 Å². The molecule has 0 saturated heterocycles. The highest BCUT2D eigenvalue weighted by molar-refractivity contribution is 6.32. The smallest absolute Gasteiger partial charge is 0.198 e. The van der Waals surface area contributed by atoms with Crippen molar-refractivity contribution < 1.29 is 10.2 Å². The zero-order valence-electron chi connectivity index (χ0n) is 7.18. The summed E-state index contributed by atoms with van der Waals surface area (Å²) in [7, 11) is 0. The first-order valence-electron chi connectivity index (χ1n) is 4.05. The van der Waals surface area contributed by atoms with Gasteiger partial charge in [-0.25, -0.2) is 0 Å². The molecule has 0 aliphatic carbocycles. The summed E-state index contributed by atoms with van der Waals surface area (Å²) in [4.78, 5) is 0. The summed E-state index contributed by atoms with van der Waals surface area (Å²) < 4.78 is 1.27. The second kappa shape index (κ2) is 3.27. The van der Waals surface area contributed by atoms with Gasteiger partial charge in [-0.15, -0.1) is 0 Å². The van der Waals surface area contributed by atoms with E-state index in [1.807, 2.05) is 0 Å². The predicted molar refractivity (Wildman–Crippen MR) is 54.1 cm³/mol. The van der Waals surface area contributed by atoms with Crippen LogP contribution in [-0.4, -0.2) is 14.8 Å². The van der Waals surface area contributed by atoms with Crippen LogP contribution in [0.25, 0.3) is 5.69 Å². The first-order valence-corrected chi connectivity index (χ1v) is 4.42. The van der Waals surface area contributed by atoms with Crippen molar-refractivity contribution in [1.82, 2.24) is 4.57 Å². The van der Waals surface area contributed by atoms with Gasteiger partial charge < -0.3 is 10.2 Å². The molecule has 0 bridgehead atoms. The molecule has 1 aromatic carbocycles. The molecule has 2 rings (SSSR count). The Morgan fingerprint density at radius 2 is 1.50 bits per heavy atom. The van der Waals surface area contributed by atoms with Gasteiger partial charge in [0, 0.05) is 12.1 Å². The molecule has 0 aliphatic heterocycles. The van der Waals surface area contributed by atoms with Crippen LogP contribution >= 0.6 is 11.6 Å². The van der Waals surface area contributed by atoms with Crippen molar-refractivity contribution in [2.24, 2.45) is 0 Å². The molecule has 1 heterocycles. The van der Waals surface area contributed by atoms with Gasteiger partial charge >= 0.3 is 0 Å². The number of nitrogens with zero attached hydrogens (tertiary/aromatic N) is 1. The van der Waals surface area contributed by atoms with Crippen LogP contribution in [0, 0.1) is 0 Å². The molecule has 14 heavy (non-hydrogen) atoms. The number of aromatic hydroxyl groups is 2. The van der Waals surface area contributed by atoms with E-state index in [1.54, 1.807) is 24.3 Å². The van der Waals surface area contributed by atoms with Gasteiger partial charge in [0.1, 0.15) is 0 Å². The number of aromatic nitrogens is 1. The molecule has 2 N–H and O–H groups in total. The predicted octanol–water partition coefficient (Wildman–Crippen LogP) is 2.54. The van der Waals surface area contributed by atoms with Gasteiger partial charge in [-0.3, -0.25) is 4.57 Å². The molecule has 0 saturated carbocycles. The minimum Gasteiger partial charge on any atom is -0.494 e. The van der Waals surface area contributed by atoms with Crippen molar-refractivity contribution in [3.63, 3.8) is 0 Å². The van der Waals surface area contributed by atoms with Gasteiger partial charge in [-0.05, 0) is 12.1 Å². The summed E-state index contributed by atoms with van der Waals surface area (Å²) >= 11 is 5.92. The molecular weight excluding hydrogens is 202 g/mol. The van der Waals surface area contributed by atoms with E-state index in [1.165, 1.54) is 16.7 Å². The molecule has 0 spiro atoms. The molecule has 4 heteroatoms. The van der Waals surface area contributed by atoms with E-state index in [9.17, 15) is 10.2 Å². The maximum Gasteiger partial charge on any atom is 0.198 e. The van der Waals surface area contributed by atoms with Crippen LogP contribution < -0.4 is 0 Å². The van der Waals surface area contributed by atoms with E-state index in [2.05, 4.69) is 0 Å². The first kappa shape index (κ1) is 8.97. The van der Waals surface area contributed by atoms with E-state index >= 15 is 0 Å². The van der Waals surface area contributed by atoms with Crippen LogP contribution in [-0.2, 0) is 0 Å². The van der Waals surface area contributed by atoms with Crippen molar-refractivity contribution in [2.45, 2.75) is 0 Å². The molecule has 72 valence electrons. The minimum absolute atomic E-state index is 0.0457. The number of hydrogen-bond donors (Lipinski definition) is 2. The number of benzene rings is 1. The summed E-state index contributed by atoms with van der Waals surface area (Å²) in [5.74, 6) is -0.0915. The van der Waals surface area contributed by atoms with Crippen LogP contribution in [0.1, 0.15) is 0 Å². The van der Waals surface area contributed by atoms with Crippen molar-refractivity contribution in [3.05, 3.63) is 41.4 Å². The van der Waals surface area contributed by atoms with Crippen molar-refractivity contribution in [3.8, 4) is 17.4 Å². The molecule has 0 aliphatic rings. The lowest BCUT2D eigenvalue weighted by molar-refractivity contribution is 0.402. The van der Waals surface area contributed by atoms with Gasteiger partial charge in [0.2, 0.25) is 0 Å². The van der Waals surface area contributed by atoms with E-state index in [4.69, 9.17) is 11.6 Å². The Morgan fingerprint density at radius 3 is 2.07 bits per heavy atom. The second-order valence-electron chi connectivity index (χ2n) is 2.84. The summed E-state index contributed by atoms with van der Waals surface area (Å²) in [5, 5.41) is 19.4. The highest BCUT2D eigenvalue weighted by Crippen LogP contribution is 2.30. The van der Waals surface area contributed by atoms with Gasteiger partial charge in [0.15, 0.2) is 11.8 Å². The first-order chi connectivity index (χ1) is 6.70. The standard InChI is InChI=1S/C10H8ClNO2/c11-7-3-1-2-4-8(7)12-9(13)5-6-10(12)14/h1-6,13-14H. The summed E-state index contributed by atoms with van der Waals surface area (Å²) in [6.07, 6.45) is 0. The average Bonchev–Trinajstić information content (AvgIpc) is 2.48. The summed E-state index contributed by atoms with van der Waals surface area (Å²) in [6, 6.07) is 9.76. The lowest BCUT2D eigenvalue weighted by Gasteiger charge is -2.07. The Bertz CT molecular complexity index is 445. The van der Waals surface area contributed by atoms with Crippen molar-refractivity contribution in [2.75, 3.05) is 0 Å². The minimum atomic E-state index is -0.0457. The van der Waals surface area contributed by atoms with Gasteiger partial charge in [-0.1, -0.05) is 23.7 Å². The third kappa shape index (κ3) is 1.32. The fraction of sp³-hybridized carbons (Fsp3) is 0. The lowest BCUT2D eigenvalue weighted by Crippen LogP contribution is -1.92. The molecule has 0 amide bonds. The van der Waals surface area contributed by atoms with Gasteiger partial charge in [-0.2, -0.15) is 0 Å². The Morgan fingerprint density at radius 1 is 0.929 bits per heavy atom. The lowest BCUT2D eigenvalue weighted by atomic mass is 10.3. The molecule has 0 atom stereocenters. The number of rotatable bonds is 1. The number of para-hydroxylation sites is 1. The number of halogens is 1. The molecule has 1 aromatic heterocycles. The Labute approximate surface area is 85.8 Å². The number of hydrogen-bond acceptors (Lipinski definition) is 2. The summed E-state index contributed by atoms with van der Waals surface area (Å²) in [5.41, 5.74) is 0.550. The van der Waals surface area contributed by atoms with Gasteiger partial charge in [0.05, 0.1) is 10.7 Å². The monoisotopic (exact) mass is 209 g/mol. The van der Waals surface area contributed by atoms with Crippen LogP contribution in [0.3, 0.4) is 0 Å². The molecular formula is C10H8ClNO2. The van der Waals surface area contributed by atoms with Crippen molar-refractivity contribution in [1.29, 1.82) is 0 Å². The van der Waals surface area contributed by atoms with E-state index in [0.29, 0.717) is 10.7 Å². The maximum atomic E-state index is 9.45. The fourth-order valence-electron chi connectivity index (χ4n) is 1.30. The fourth-order valence-corrected chi connectivity index (χ4v) is 1.52. The zero-order chi connectivity index (χ0) is 10.1. The van der Waals surface area contributed by atoms with Gasteiger partial charge in [0.25, 0.3) is 0 Å². The van der Waals surface area contributed by atoms with Crippen LogP contribution in [0.2, 0.25) is 5.02 Å². The third-order valence-electron chi connectivity index (χ3n) is 1.93. The highest BCUT2D eigenvalue weighted by atomic mass is 35.5. The van der Waals surface area contributed by atoms with Crippen LogP contribution in [0.15, 0.2) is 36.4 Å². The van der Waals surface area contributed by atoms with Crippen LogP contribution in [0.4, 0.5) is 0 Å². The second-order valence-corrected chi connectivity index (χ2v) is 3.24. The Balaban J connectivity index is 2.66. The SMILES string of the molecule is Oc1ccc(O)n1-c1ccccc1Cl. The highest BCUT2D eigenvalue weighted by Gasteiger charge is 2.10. The normalized spacial score (nSPS) is 10.4. The molecule has 3 nitrogen and oxygen atoms in total. The Hall–Kier alpha value is -1.61.